The van der Waals surface area contributed by atoms with E-state index in [4.69, 9.17) is 28.4 Å². The maximum atomic E-state index is 13.4. The van der Waals surface area contributed by atoms with Crippen LogP contribution in [0.25, 0.3) is 0 Å². The van der Waals surface area contributed by atoms with Gasteiger partial charge in [-0.2, -0.15) is 0 Å². The molecule has 0 radical (unpaired) electrons. The lowest BCUT2D eigenvalue weighted by Crippen LogP contribution is -2.66. The fraction of sp³-hybridized carbons (Fsp3) is 0.962. The SMILES string of the molecule is CCCCCCCCCCCCCC/C=C/C(O)C(COC1OC(CO)C(OC2OC(CO)C(OC3OC(CO)C(O)C(O)C3O)C(O)C2O)C(O)C1O)NC(=O)CCCCCCCCCCCCCCCCCCCCCCCCCCCCCCCCCCCCCCCC. The summed E-state index contributed by atoms with van der Waals surface area (Å²) in [6, 6.07) is -0.969. The van der Waals surface area contributed by atoms with E-state index in [0.717, 1.165) is 44.9 Å². The van der Waals surface area contributed by atoms with Gasteiger partial charge in [0.05, 0.1) is 38.6 Å². The van der Waals surface area contributed by atoms with Crippen LogP contribution in [-0.4, -0.2) is 193 Å². The fourth-order valence-corrected chi connectivity index (χ4v) is 14.1. The zero-order valence-corrected chi connectivity index (χ0v) is 61.3. The average molecular weight is 1390 g/mol. The van der Waals surface area contributed by atoms with Crippen LogP contribution in [-0.2, 0) is 33.2 Å². The number of ether oxygens (including phenoxy) is 6. The van der Waals surface area contributed by atoms with E-state index in [-0.39, 0.29) is 18.9 Å². The van der Waals surface area contributed by atoms with E-state index >= 15 is 0 Å². The van der Waals surface area contributed by atoms with E-state index in [0.29, 0.717) is 6.42 Å². The van der Waals surface area contributed by atoms with Crippen molar-refractivity contribution in [2.24, 2.45) is 0 Å². The molecule has 0 aromatic carbocycles. The molecule has 0 aliphatic carbocycles. The minimum absolute atomic E-state index is 0.250. The Hall–Kier alpha value is -1.47. The molecule has 0 aromatic rings. The molecule has 12 N–H and O–H groups in total. The predicted molar refractivity (Wildman–Crippen MR) is 383 cm³/mol. The Morgan fingerprint density at radius 1 is 0.361 bits per heavy atom. The molecule has 0 saturated carbocycles. The predicted octanol–water partition coefficient (Wildman–Crippen LogP) is 13.2. The van der Waals surface area contributed by atoms with Gasteiger partial charge in [-0.25, -0.2) is 0 Å². The number of aliphatic hydroxyl groups is 11. The lowest BCUT2D eigenvalue weighted by molar-refractivity contribution is -0.379. The summed E-state index contributed by atoms with van der Waals surface area (Å²) in [5.41, 5.74) is 0. The molecule has 0 aromatic heterocycles. The largest absolute Gasteiger partial charge is 0.394 e. The number of aliphatic hydroxyl groups excluding tert-OH is 11. The molecular weight excluding hydrogens is 1240 g/mol. The minimum Gasteiger partial charge on any atom is -0.394 e. The quantitative estimate of drug-likeness (QED) is 0.0199. The standard InChI is InChI=1S/C78H149NO18/c1-3-5-7-9-11-13-15-17-19-20-21-22-23-24-25-26-27-28-29-30-31-32-33-34-35-36-37-38-39-40-41-42-44-46-48-50-52-54-56-66(84)79-61(62(83)55-53-51-49-47-45-43-18-16-14-12-10-8-6-4-2)60-92-76-72(90)69(87)74(64(58-81)94-76)97-78-73(91)70(88)75(65(59-82)95-78)96-77-71(89)68(86)67(85)63(57-80)93-77/h53,55,61-65,67-78,80-83,85-91H,3-52,54,56-60H2,1-2H3,(H,79,84)/b55-53+. The van der Waals surface area contributed by atoms with Gasteiger partial charge < -0.3 is 89.9 Å². The summed E-state index contributed by atoms with van der Waals surface area (Å²) in [5.74, 6) is -0.268. The number of amides is 1. The van der Waals surface area contributed by atoms with Crippen molar-refractivity contribution in [2.75, 3.05) is 26.4 Å². The number of hydrogen-bond donors (Lipinski definition) is 12. The van der Waals surface area contributed by atoms with Crippen LogP contribution in [0.5, 0.6) is 0 Å². The van der Waals surface area contributed by atoms with Crippen LogP contribution in [0.2, 0.25) is 0 Å². The van der Waals surface area contributed by atoms with Crippen LogP contribution in [0.4, 0.5) is 0 Å². The minimum atomic E-state index is -1.98. The molecule has 17 atom stereocenters. The number of hydrogen-bond acceptors (Lipinski definition) is 18. The van der Waals surface area contributed by atoms with Gasteiger partial charge in [0.15, 0.2) is 18.9 Å². The zero-order chi connectivity index (χ0) is 70.4. The van der Waals surface area contributed by atoms with Crippen molar-refractivity contribution in [2.45, 2.75) is 452 Å². The van der Waals surface area contributed by atoms with Gasteiger partial charge in [0.25, 0.3) is 0 Å². The number of rotatable bonds is 65. The monoisotopic (exact) mass is 1390 g/mol. The zero-order valence-electron chi connectivity index (χ0n) is 61.3. The Morgan fingerprint density at radius 2 is 0.639 bits per heavy atom. The molecule has 17 unspecified atom stereocenters. The molecule has 19 nitrogen and oxygen atoms in total. The van der Waals surface area contributed by atoms with E-state index in [9.17, 15) is 61.0 Å². The third-order valence-electron chi connectivity index (χ3n) is 20.6. The van der Waals surface area contributed by atoms with Crippen LogP contribution in [0.3, 0.4) is 0 Å². The van der Waals surface area contributed by atoms with Gasteiger partial charge in [-0.05, 0) is 19.3 Å². The summed E-state index contributed by atoms with van der Waals surface area (Å²) in [7, 11) is 0. The van der Waals surface area contributed by atoms with E-state index in [1.54, 1.807) is 6.08 Å². The topological polar surface area (TPSA) is 307 Å². The van der Waals surface area contributed by atoms with E-state index in [2.05, 4.69) is 19.2 Å². The number of carbonyl (C=O) groups excluding carboxylic acids is 1. The van der Waals surface area contributed by atoms with E-state index in [1.807, 2.05) is 6.08 Å². The Kier molecular flexibility index (Phi) is 55.4. The van der Waals surface area contributed by atoms with Crippen LogP contribution in [0.1, 0.15) is 348 Å². The van der Waals surface area contributed by atoms with Crippen LogP contribution >= 0.6 is 0 Å². The normalized spacial score (nSPS) is 26.9. The number of carbonyl (C=O) groups is 1. The molecule has 97 heavy (non-hydrogen) atoms. The Bertz CT molecular complexity index is 1800. The maximum Gasteiger partial charge on any atom is 0.220 e. The molecule has 1 amide bonds. The van der Waals surface area contributed by atoms with Crippen LogP contribution in [0.15, 0.2) is 12.2 Å². The highest BCUT2D eigenvalue weighted by Crippen LogP contribution is 2.33. The van der Waals surface area contributed by atoms with Crippen molar-refractivity contribution in [1.82, 2.24) is 5.32 Å². The molecule has 3 rings (SSSR count). The molecule has 19 heteroatoms. The number of allylic oxidation sites excluding steroid dienone is 1. The highest BCUT2D eigenvalue weighted by atomic mass is 16.8. The Balaban J connectivity index is 1.28. The molecule has 3 aliphatic rings. The van der Waals surface area contributed by atoms with Crippen molar-refractivity contribution in [3.05, 3.63) is 12.2 Å². The third-order valence-corrected chi connectivity index (χ3v) is 20.6. The van der Waals surface area contributed by atoms with Gasteiger partial charge in [-0.3, -0.25) is 4.79 Å². The lowest BCUT2D eigenvalue weighted by Gasteiger charge is -2.48. The molecular formula is C78H149NO18. The van der Waals surface area contributed by atoms with Crippen molar-refractivity contribution in [1.29, 1.82) is 0 Å². The summed E-state index contributed by atoms with van der Waals surface area (Å²) in [5, 5.41) is 121. The van der Waals surface area contributed by atoms with Crippen LogP contribution < -0.4 is 5.32 Å². The number of unbranched alkanes of at least 4 members (excludes halogenated alkanes) is 49. The third kappa shape index (κ3) is 40.4. The molecule has 3 aliphatic heterocycles. The van der Waals surface area contributed by atoms with Crippen molar-refractivity contribution >= 4 is 5.91 Å². The van der Waals surface area contributed by atoms with Gasteiger partial charge in [-0.1, -0.05) is 334 Å². The smallest absolute Gasteiger partial charge is 0.220 e. The first-order chi connectivity index (χ1) is 47.3. The lowest BCUT2D eigenvalue weighted by atomic mass is 9.96. The second-order valence-electron chi connectivity index (χ2n) is 29.2. The molecule has 0 bridgehead atoms. The van der Waals surface area contributed by atoms with E-state index < -0.39 is 124 Å². The van der Waals surface area contributed by atoms with Crippen molar-refractivity contribution < 1.29 is 89.4 Å². The van der Waals surface area contributed by atoms with Crippen LogP contribution in [0, 0.1) is 0 Å². The molecule has 3 saturated heterocycles. The summed E-state index contributed by atoms with van der Waals surface area (Å²) >= 11 is 0. The summed E-state index contributed by atoms with van der Waals surface area (Å²) < 4.78 is 34.4. The van der Waals surface area contributed by atoms with Gasteiger partial charge in [0, 0.05) is 6.42 Å². The molecule has 3 heterocycles. The highest BCUT2D eigenvalue weighted by Gasteiger charge is 2.54. The second kappa shape index (κ2) is 59.9. The second-order valence-corrected chi connectivity index (χ2v) is 29.2. The molecule has 3 fully saturated rings. The van der Waals surface area contributed by atoms with Crippen molar-refractivity contribution in [3.63, 3.8) is 0 Å². The summed E-state index contributed by atoms with van der Waals surface area (Å²) in [6.45, 7) is 1.78. The fourth-order valence-electron chi connectivity index (χ4n) is 14.1. The summed E-state index contributed by atoms with van der Waals surface area (Å²) in [6.07, 6.45) is 43.8. The van der Waals surface area contributed by atoms with E-state index in [1.165, 1.54) is 276 Å². The Morgan fingerprint density at radius 3 is 0.969 bits per heavy atom. The highest BCUT2D eigenvalue weighted by molar-refractivity contribution is 5.76. The first-order valence-electron chi connectivity index (χ1n) is 40.4. The van der Waals surface area contributed by atoms with Gasteiger partial charge in [0.1, 0.15) is 73.2 Å². The molecule has 0 spiro atoms. The Labute approximate surface area is 588 Å². The average Bonchev–Trinajstić information content (AvgIpc) is 0.792. The van der Waals surface area contributed by atoms with Crippen molar-refractivity contribution in [3.8, 4) is 0 Å². The first-order valence-corrected chi connectivity index (χ1v) is 40.4. The first kappa shape index (κ1) is 89.7. The van der Waals surface area contributed by atoms with Gasteiger partial charge in [0.2, 0.25) is 5.91 Å². The van der Waals surface area contributed by atoms with Gasteiger partial charge >= 0.3 is 0 Å². The molecule has 574 valence electrons. The summed E-state index contributed by atoms with van der Waals surface area (Å²) in [4.78, 5) is 13.4. The number of nitrogens with one attached hydrogen (secondary N) is 1. The van der Waals surface area contributed by atoms with Gasteiger partial charge in [-0.15, -0.1) is 0 Å². The maximum absolute atomic E-state index is 13.4.